The van der Waals surface area contributed by atoms with Gasteiger partial charge < -0.3 is 10.1 Å². The molecule has 11 heteroatoms. The van der Waals surface area contributed by atoms with Crippen LogP contribution in [-0.2, 0) is 0 Å². The van der Waals surface area contributed by atoms with Crippen molar-refractivity contribution in [2.75, 3.05) is 17.3 Å². The van der Waals surface area contributed by atoms with E-state index in [-0.39, 0.29) is 42.5 Å². The summed E-state index contributed by atoms with van der Waals surface area (Å²) in [6.07, 6.45) is 0. The summed E-state index contributed by atoms with van der Waals surface area (Å²) in [5.74, 6) is -1.83. The Balaban J connectivity index is 1.79. The number of benzene rings is 3. The van der Waals surface area contributed by atoms with Gasteiger partial charge in [-0.05, 0) is 30.3 Å². The highest BCUT2D eigenvalue weighted by atomic mass is 35.5. The van der Waals surface area contributed by atoms with Gasteiger partial charge in [-0.15, -0.1) is 0 Å². The first-order valence-corrected chi connectivity index (χ1v) is 11.0. The Bertz CT molecular complexity index is 1310. The monoisotopic (exact) mass is 542 g/mol. The number of fused-ring (bicyclic) bond motifs is 1. The molecule has 0 radical (unpaired) electrons. The van der Waals surface area contributed by atoms with E-state index < -0.39 is 17.7 Å². The summed E-state index contributed by atoms with van der Waals surface area (Å²) < 4.78 is 5.25. The summed E-state index contributed by atoms with van der Waals surface area (Å²) in [6, 6.07) is 10.7. The lowest BCUT2D eigenvalue weighted by Gasteiger charge is -2.18. The van der Waals surface area contributed by atoms with Gasteiger partial charge in [0.25, 0.3) is 17.7 Å². The van der Waals surface area contributed by atoms with Gasteiger partial charge in [0.15, 0.2) is 0 Å². The van der Waals surface area contributed by atoms with Crippen molar-refractivity contribution in [1.82, 2.24) is 0 Å². The van der Waals surface area contributed by atoms with Crippen LogP contribution in [0, 0.1) is 0 Å². The predicted octanol–water partition coefficient (Wildman–Crippen LogP) is 7.02. The van der Waals surface area contributed by atoms with Crippen LogP contribution >= 0.6 is 58.0 Å². The van der Waals surface area contributed by atoms with Crippen molar-refractivity contribution in [2.24, 2.45) is 0 Å². The molecule has 0 unspecified atom stereocenters. The Morgan fingerprint density at radius 3 is 2.00 bits per heavy atom. The molecule has 0 atom stereocenters. The number of para-hydroxylation sites is 1. The molecule has 3 amide bonds. The number of hydrogen-bond donors (Lipinski definition) is 1. The SMILES string of the molecule is COc1ccc(Cl)cc1NC(=O)c1ccccc1N1C(=O)c2c(Cl)c(Cl)c(Cl)c(Cl)c2C1=O. The van der Waals surface area contributed by atoms with Crippen molar-refractivity contribution in [3.8, 4) is 5.75 Å². The molecule has 0 spiro atoms. The van der Waals surface area contributed by atoms with E-state index in [0.717, 1.165) is 4.90 Å². The predicted molar refractivity (Wildman–Crippen MR) is 130 cm³/mol. The van der Waals surface area contributed by atoms with Crippen LogP contribution in [0.1, 0.15) is 31.1 Å². The first-order chi connectivity index (χ1) is 15.7. The summed E-state index contributed by atoms with van der Waals surface area (Å²) in [5, 5.41) is 2.35. The molecule has 0 saturated carbocycles. The van der Waals surface area contributed by atoms with Crippen LogP contribution in [0.5, 0.6) is 5.75 Å². The lowest BCUT2D eigenvalue weighted by molar-refractivity contribution is 0.0926. The van der Waals surface area contributed by atoms with Gasteiger partial charge in [0.2, 0.25) is 0 Å². The van der Waals surface area contributed by atoms with Gasteiger partial charge in [0, 0.05) is 5.02 Å². The van der Waals surface area contributed by atoms with Crippen LogP contribution in [-0.4, -0.2) is 24.8 Å². The Kier molecular flexibility index (Phi) is 6.49. The molecule has 0 fully saturated rings. The second kappa shape index (κ2) is 9.05. The third-order valence-electron chi connectivity index (χ3n) is 4.90. The highest BCUT2D eigenvalue weighted by Gasteiger charge is 2.43. The third kappa shape index (κ3) is 3.92. The molecule has 33 heavy (non-hydrogen) atoms. The zero-order chi connectivity index (χ0) is 24.0. The number of methoxy groups -OCH3 is 1. The van der Waals surface area contributed by atoms with Gasteiger partial charge in [-0.1, -0.05) is 70.1 Å². The van der Waals surface area contributed by atoms with E-state index >= 15 is 0 Å². The number of rotatable bonds is 4. The molecule has 4 rings (SSSR count). The molecule has 6 nitrogen and oxygen atoms in total. The van der Waals surface area contributed by atoms with E-state index in [1.807, 2.05) is 0 Å². The maximum Gasteiger partial charge on any atom is 0.267 e. The molecule has 1 aliphatic rings. The van der Waals surface area contributed by atoms with Crippen molar-refractivity contribution in [1.29, 1.82) is 0 Å². The minimum atomic E-state index is -0.791. The standard InChI is InChI=1S/C22H11Cl5N2O4/c1-33-13-7-6-9(23)8-11(13)28-20(30)10-4-2-3-5-12(10)29-21(31)14-15(22(29)32)17(25)19(27)18(26)16(14)24/h2-8H,1H3,(H,28,30). The fourth-order valence-electron chi connectivity index (χ4n) is 3.40. The average molecular weight is 545 g/mol. The third-order valence-corrected chi connectivity index (χ3v) is 6.94. The van der Waals surface area contributed by atoms with E-state index in [2.05, 4.69) is 5.32 Å². The van der Waals surface area contributed by atoms with Crippen LogP contribution in [0.4, 0.5) is 11.4 Å². The smallest absolute Gasteiger partial charge is 0.267 e. The van der Waals surface area contributed by atoms with Gasteiger partial charge in [-0.25, -0.2) is 4.90 Å². The lowest BCUT2D eigenvalue weighted by atomic mass is 10.1. The van der Waals surface area contributed by atoms with E-state index in [1.54, 1.807) is 24.3 Å². The minimum Gasteiger partial charge on any atom is -0.495 e. The summed E-state index contributed by atoms with van der Waals surface area (Å²) in [4.78, 5) is 40.4. The number of hydrogen-bond acceptors (Lipinski definition) is 4. The van der Waals surface area contributed by atoms with E-state index in [1.165, 1.54) is 25.3 Å². The van der Waals surface area contributed by atoms with Crippen molar-refractivity contribution in [3.63, 3.8) is 0 Å². The molecule has 1 N–H and O–H groups in total. The number of amides is 3. The maximum absolute atomic E-state index is 13.2. The number of nitrogens with zero attached hydrogens (tertiary/aromatic N) is 1. The highest BCUT2D eigenvalue weighted by molar-refractivity contribution is 6.56. The molecular formula is C22H11Cl5N2O4. The number of carbonyl (C=O) groups is 3. The molecule has 1 heterocycles. The minimum absolute atomic E-state index is 0.0153. The van der Waals surface area contributed by atoms with E-state index in [0.29, 0.717) is 16.5 Å². The van der Waals surface area contributed by atoms with Crippen LogP contribution in [0.15, 0.2) is 42.5 Å². The van der Waals surface area contributed by atoms with Crippen molar-refractivity contribution < 1.29 is 19.1 Å². The Morgan fingerprint density at radius 1 is 0.848 bits per heavy atom. The number of imide groups is 1. The first-order valence-electron chi connectivity index (χ1n) is 9.16. The van der Waals surface area contributed by atoms with Crippen LogP contribution in [0.3, 0.4) is 0 Å². The first kappa shape index (κ1) is 23.7. The van der Waals surface area contributed by atoms with Crippen molar-refractivity contribution >= 4 is 87.1 Å². The molecule has 3 aromatic rings. The normalized spacial score (nSPS) is 12.7. The quantitative estimate of drug-likeness (QED) is 0.218. The summed E-state index contributed by atoms with van der Waals surface area (Å²) in [6.45, 7) is 0. The average Bonchev–Trinajstić information content (AvgIpc) is 3.06. The lowest BCUT2D eigenvalue weighted by Crippen LogP contribution is -2.31. The zero-order valence-corrected chi connectivity index (χ0v) is 20.3. The summed E-state index contributed by atoms with van der Waals surface area (Å²) in [7, 11) is 1.44. The van der Waals surface area contributed by atoms with Gasteiger partial charge in [-0.3, -0.25) is 14.4 Å². The number of halogens is 5. The second-order valence-corrected chi connectivity index (χ2v) is 8.72. The molecule has 0 aromatic heterocycles. The van der Waals surface area contributed by atoms with Gasteiger partial charge >= 0.3 is 0 Å². The largest absolute Gasteiger partial charge is 0.495 e. The number of nitrogens with one attached hydrogen (secondary N) is 1. The Labute approximate surface area is 212 Å². The molecule has 0 aliphatic carbocycles. The Morgan fingerprint density at radius 2 is 1.42 bits per heavy atom. The van der Waals surface area contributed by atoms with Crippen molar-refractivity contribution in [3.05, 3.63) is 84.3 Å². The van der Waals surface area contributed by atoms with Gasteiger partial charge in [0.1, 0.15) is 5.75 Å². The fraction of sp³-hybridized carbons (Fsp3) is 0.0455. The molecular weight excluding hydrogens is 534 g/mol. The highest BCUT2D eigenvalue weighted by Crippen LogP contribution is 2.46. The topological polar surface area (TPSA) is 75.7 Å². The fourth-order valence-corrected chi connectivity index (χ4v) is 4.58. The molecule has 0 bridgehead atoms. The number of anilines is 2. The molecule has 0 saturated heterocycles. The van der Waals surface area contributed by atoms with E-state index in [9.17, 15) is 14.4 Å². The van der Waals surface area contributed by atoms with Crippen LogP contribution < -0.4 is 15.0 Å². The molecule has 3 aromatic carbocycles. The summed E-state index contributed by atoms with van der Waals surface area (Å²) >= 11 is 30.6. The van der Waals surface area contributed by atoms with Gasteiger partial charge in [-0.2, -0.15) is 0 Å². The maximum atomic E-state index is 13.2. The molecule has 1 aliphatic heterocycles. The summed E-state index contributed by atoms with van der Waals surface area (Å²) in [5.41, 5.74) is -0.0301. The number of carbonyl (C=O) groups excluding carboxylic acids is 3. The number of ether oxygens (including phenoxy) is 1. The Hall–Kier alpha value is -2.48. The second-order valence-electron chi connectivity index (χ2n) is 6.77. The van der Waals surface area contributed by atoms with E-state index in [4.69, 9.17) is 62.7 Å². The van der Waals surface area contributed by atoms with Crippen LogP contribution in [0.2, 0.25) is 25.1 Å². The zero-order valence-electron chi connectivity index (χ0n) is 16.5. The van der Waals surface area contributed by atoms with Gasteiger partial charge in [0.05, 0.1) is 55.3 Å². The van der Waals surface area contributed by atoms with Crippen LogP contribution in [0.25, 0.3) is 0 Å². The molecule has 168 valence electrons. The van der Waals surface area contributed by atoms with Crippen molar-refractivity contribution in [2.45, 2.75) is 0 Å².